The van der Waals surface area contributed by atoms with Gasteiger partial charge in [-0.15, -0.1) is 0 Å². The molecule has 0 bridgehead atoms. The van der Waals surface area contributed by atoms with Crippen molar-refractivity contribution in [3.63, 3.8) is 0 Å². The minimum atomic E-state index is 0.643. The first-order valence-corrected chi connectivity index (χ1v) is 6.70. The number of anilines is 1. The second-order valence-corrected chi connectivity index (χ2v) is 5.57. The highest BCUT2D eigenvalue weighted by Crippen LogP contribution is 2.19. The summed E-state index contributed by atoms with van der Waals surface area (Å²) in [4.78, 5) is 2.51. The van der Waals surface area contributed by atoms with Crippen molar-refractivity contribution < 1.29 is 0 Å². The van der Waals surface area contributed by atoms with Gasteiger partial charge in [0, 0.05) is 31.4 Å². The Kier molecular flexibility index (Phi) is 4.06. The Balaban J connectivity index is 2.02. The van der Waals surface area contributed by atoms with Crippen molar-refractivity contribution in [1.82, 2.24) is 5.32 Å². The quantitative estimate of drug-likeness (QED) is 0.862. The maximum atomic E-state index is 3.62. The smallest absolute Gasteiger partial charge is 0.0369 e. The molecular formula is C15H24N2. The minimum Gasteiger partial charge on any atom is -0.369 e. The van der Waals surface area contributed by atoms with E-state index in [9.17, 15) is 0 Å². The standard InChI is InChI=1S/C15H24N2/c1-12(2)9-14-11-17(8-7-16-14)15-6-4-5-13(3)10-15/h4-6,10,12,14,16H,7-9,11H2,1-3H3. The first kappa shape index (κ1) is 12.4. The van der Waals surface area contributed by atoms with Crippen LogP contribution in [0, 0.1) is 12.8 Å². The number of benzene rings is 1. The molecule has 0 radical (unpaired) electrons. The highest BCUT2D eigenvalue weighted by molar-refractivity contribution is 5.49. The summed E-state index contributed by atoms with van der Waals surface area (Å²) in [6.45, 7) is 10.1. The molecule has 17 heavy (non-hydrogen) atoms. The molecule has 2 heteroatoms. The first-order chi connectivity index (χ1) is 8.15. The molecule has 0 aliphatic carbocycles. The van der Waals surface area contributed by atoms with E-state index < -0.39 is 0 Å². The third-order valence-corrected chi connectivity index (χ3v) is 3.38. The van der Waals surface area contributed by atoms with Crippen LogP contribution < -0.4 is 10.2 Å². The zero-order chi connectivity index (χ0) is 12.3. The Hall–Kier alpha value is -1.02. The molecule has 0 aromatic heterocycles. The number of nitrogens with zero attached hydrogens (tertiary/aromatic N) is 1. The molecule has 0 saturated carbocycles. The van der Waals surface area contributed by atoms with Crippen molar-refractivity contribution in [3.05, 3.63) is 29.8 Å². The predicted molar refractivity (Wildman–Crippen MR) is 74.6 cm³/mol. The highest BCUT2D eigenvalue weighted by atomic mass is 15.2. The molecule has 1 aromatic rings. The summed E-state index contributed by atoms with van der Waals surface area (Å²) >= 11 is 0. The van der Waals surface area contributed by atoms with Gasteiger partial charge in [0.25, 0.3) is 0 Å². The van der Waals surface area contributed by atoms with E-state index in [1.807, 2.05) is 0 Å². The van der Waals surface area contributed by atoms with Crippen molar-refractivity contribution in [2.75, 3.05) is 24.5 Å². The maximum Gasteiger partial charge on any atom is 0.0369 e. The van der Waals surface area contributed by atoms with Gasteiger partial charge in [0.2, 0.25) is 0 Å². The van der Waals surface area contributed by atoms with Crippen LogP contribution in [0.15, 0.2) is 24.3 Å². The number of piperazine rings is 1. The average Bonchev–Trinajstić information content (AvgIpc) is 2.28. The van der Waals surface area contributed by atoms with E-state index in [0.29, 0.717) is 6.04 Å². The van der Waals surface area contributed by atoms with Gasteiger partial charge in [-0.25, -0.2) is 0 Å². The third-order valence-electron chi connectivity index (χ3n) is 3.38. The van der Waals surface area contributed by atoms with Gasteiger partial charge >= 0.3 is 0 Å². The van der Waals surface area contributed by atoms with Crippen LogP contribution in [0.2, 0.25) is 0 Å². The van der Waals surface area contributed by atoms with Gasteiger partial charge in [-0.1, -0.05) is 26.0 Å². The first-order valence-electron chi connectivity index (χ1n) is 6.70. The number of nitrogens with one attached hydrogen (secondary N) is 1. The van der Waals surface area contributed by atoms with Gasteiger partial charge in [-0.2, -0.15) is 0 Å². The van der Waals surface area contributed by atoms with E-state index in [2.05, 4.69) is 55.3 Å². The summed E-state index contributed by atoms with van der Waals surface area (Å²) in [7, 11) is 0. The molecule has 0 spiro atoms. The fraction of sp³-hybridized carbons (Fsp3) is 0.600. The Morgan fingerprint density at radius 2 is 2.24 bits per heavy atom. The lowest BCUT2D eigenvalue weighted by atomic mass is 10.0. The SMILES string of the molecule is Cc1cccc(N2CCNC(CC(C)C)C2)c1. The zero-order valence-electron chi connectivity index (χ0n) is 11.2. The van der Waals surface area contributed by atoms with Crippen LogP contribution in [0.5, 0.6) is 0 Å². The minimum absolute atomic E-state index is 0.643. The van der Waals surface area contributed by atoms with Crippen LogP contribution in [0.1, 0.15) is 25.8 Å². The Bertz CT molecular complexity index is 360. The van der Waals surface area contributed by atoms with Gasteiger partial charge < -0.3 is 10.2 Å². The number of hydrogen-bond acceptors (Lipinski definition) is 2. The lowest BCUT2D eigenvalue weighted by molar-refractivity contribution is 0.388. The van der Waals surface area contributed by atoms with E-state index in [0.717, 1.165) is 25.6 Å². The fourth-order valence-corrected chi connectivity index (χ4v) is 2.61. The molecule has 0 amide bonds. The van der Waals surface area contributed by atoms with Gasteiger partial charge in [0.15, 0.2) is 0 Å². The molecule has 1 saturated heterocycles. The second-order valence-electron chi connectivity index (χ2n) is 5.57. The Labute approximate surface area is 105 Å². The molecule has 2 nitrogen and oxygen atoms in total. The van der Waals surface area contributed by atoms with Crippen molar-refractivity contribution >= 4 is 5.69 Å². The van der Waals surface area contributed by atoms with E-state index in [1.165, 1.54) is 17.7 Å². The van der Waals surface area contributed by atoms with Crippen LogP contribution in [-0.4, -0.2) is 25.7 Å². The molecule has 1 atom stereocenters. The largest absolute Gasteiger partial charge is 0.369 e. The summed E-state index contributed by atoms with van der Waals surface area (Å²) in [6.07, 6.45) is 1.27. The maximum absolute atomic E-state index is 3.62. The lowest BCUT2D eigenvalue weighted by Gasteiger charge is -2.36. The fourth-order valence-electron chi connectivity index (χ4n) is 2.61. The molecule has 1 fully saturated rings. The predicted octanol–water partition coefficient (Wildman–Crippen LogP) is 2.82. The summed E-state index contributed by atoms with van der Waals surface area (Å²) in [5.74, 6) is 0.768. The van der Waals surface area contributed by atoms with Crippen LogP contribution in [0.4, 0.5) is 5.69 Å². The molecule has 2 rings (SSSR count). The molecule has 1 aromatic carbocycles. The highest BCUT2D eigenvalue weighted by Gasteiger charge is 2.20. The molecule has 1 N–H and O–H groups in total. The van der Waals surface area contributed by atoms with Gasteiger partial charge in [-0.3, -0.25) is 0 Å². The summed E-state index contributed by atoms with van der Waals surface area (Å²) < 4.78 is 0. The van der Waals surface area contributed by atoms with Crippen molar-refractivity contribution in [3.8, 4) is 0 Å². The van der Waals surface area contributed by atoms with E-state index >= 15 is 0 Å². The summed E-state index contributed by atoms with van der Waals surface area (Å²) in [6, 6.07) is 9.48. The zero-order valence-corrected chi connectivity index (χ0v) is 11.2. The van der Waals surface area contributed by atoms with Gasteiger partial charge in [0.05, 0.1) is 0 Å². The molecule has 1 aliphatic heterocycles. The molecule has 1 heterocycles. The van der Waals surface area contributed by atoms with Crippen LogP contribution in [-0.2, 0) is 0 Å². The van der Waals surface area contributed by atoms with E-state index in [1.54, 1.807) is 0 Å². The van der Waals surface area contributed by atoms with Gasteiger partial charge in [-0.05, 0) is 37.0 Å². The van der Waals surface area contributed by atoms with Crippen LogP contribution >= 0.6 is 0 Å². The van der Waals surface area contributed by atoms with Crippen LogP contribution in [0.25, 0.3) is 0 Å². The second kappa shape index (κ2) is 5.54. The number of hydrogen-bond donors (Lipinski definition) is 1. The topological polar surface area (TPSA) is 15.3 Å². The lowest BCUT2D eigenvalue weighted by Crippen LogP contribution is -2.51. The molecule has 1 aliphatic rings. The molecule has 1 unspecified atom stereocenters. The normalized spacial score (nSPS) is 20.9. The van der Waals surface area contributed by atoms with Crippen molar-refractivity contribution in [2.24, 2.45) is 5.92 Å². The number of aryl methyl sites for hydroxylation is 1. The van der Waals surface area contributed by atoms with E-state index in [-0.39, 0.29) is 0 Å². The number of rotatable bonds is 3. The summed E-state index contributed by atoms with van der Waals surface area (Å²) in [5.41, 5.74) is 2.72. The average molecular weight is 232 g/mol. The van der Waals surface area contributed by atoms with Gasteiger partial charge in [0.1, 0.15) is 0 Å². The molecular weight excluding hydrogens is 208 g/mol. The molecule has 94 valence electrons. The van der Waals surface area contributed by atoms with Crippen LogP contribution in [0.3, 0.4) is 0 Å². The summed E-state index contributed by atoms with van der Waals surface area (Å²) in [5, 5.41) is 3.62. The Morgan fingerprint density at radius 1 is 1.41 bits per heavy atom. The van der Waals surface area contributed by atoms with Crippen molar-refractivity contribution in [1.29, 1.82) is 0 Å². The Morgan fingerprint density at radius 3 is 2.94 bits per heavy atom. The van der Waals surface area contributed by atoms with Crippen molar-refractivity contribution in [2.45, 2.75) is 33.2 Å². The monoisotopic (exact) mass is 232 g/mol. The van der Waals surface area contributed by atoms with E-state index in [4.69, 9.17) is 0 Å². The third kappa shape index (κ3) is 3.47.